The lowest BCUT2D eigenvalue weighted by molar-refractivity contribution is 0.0942. The molecule has 28 heavy (non-hydrogen) atoms. The number of nitrogens with zero attached hydrogens (tertiary/aromatic N) is 4. The number of carbonyl (C=O) groups is 1. The van der Waals surface area contributed by atoms with E-state index in [1.165, 1.54) is 24.9 Å². The summed E-state index contributed by atoms with van der Waals surface area (Å²) in [6.07, 6.45) is 7.37. The quantitative estimate of drug-likeness (QED) is 0.710. The van der Waals surface area contributed by atoms with Gasteiger partial charge in [0.2, 0.25) is 0 Å². The molecule has 1 aliphatic heterocycles. The van der Waals surface area contributed by atoms with Gasteiger partial charge in [0, 0.05) is 44.1 Å². The first kappa shape index (κ1) is 18.3. The van der Waals surface area contributed by atoms with Crippen LogP contribution in [0.1, 0.15) is 42.2 Å². The number of aryl methyl sites for hydroxylation is 1. The van der Waals surface area contributed by atoms with Crippen LogP contribution in [-0.2, 0) is 13.1 Å². The largest absolute Gasteiger partial charge is 0.372 e. The maximum Gasteiger partial charge on any atom is 0.273 e. The standard InChI is InChI=1S/C21H25N5O2/c1-2-26-15-17(14-23-26)20-12-19(24-28-20)21(27)22-13-16-7-6-8-18(11-16)25-9-4-3-5-10-25/h6-8,11-12,14-15H,2-5,9-10,13H2,1H3,(H,22,27). The van der Waals surface area contributed by atoms with Crippen LogP contribution in [0.25, 0.3) is 11.3 Å². The summed E-state index contributed by atoms with van der Waals surface area (Å²) in [6, 6.07) is 10.0. The number of rotatable bonds is 6. The fourth-order valence-corrected chi connectivity index (χ4v) is 3.47. The van der Waals surface area contributed by atoms with E-state index in [4.69, 9.17) is 4.52 Å². The molecule has 0 spiro atoms. The van der Waals surface area contributed by atoms with Crippen LogP contribution in [0.15, 0.2) is 47.2 Å². The summed E-state index contributed by atoms with van der Waals surface area (Å²) in [4.78, 5) is 14.9. The smallest absolute Gasteiger partial charge is 0.273 e. The van der Waals surface area contributed by atoms with Crippen LogP contribution < -0.4 is 10.2 Å². The van der Waals surface area contributed by atoms with Crippen LogP contribution in [0.4, 0.5) is 5.69 Å². The van der Waals surface area contributed by atoms with E-state index in [1.807, 2.05) is 25.3 Å². The second-order valence-electron chi connectivity index (χ2n) is 7.06. The van der Waals surface area contributed by atoms with Gasteiger partial charge in [0.15, 0.2) is 11.5 Å². The molecule has 1 aliphatic rings. The van der Waals surface area contributed by atoms with Gasteiger partial charge in [-0.1, -0.05) is 17.3 Å². The zero-order valence-electron chi connectivity index (χ0n) is 16.1. The Labute approximate surface area is 164 Å². The Morgan fingerprint density at radius 3 is 2.86 bits per heavy atom. The number of hydrogen-bond donors (Lipinski definition) is 1. The summed E-state index contributed by atoms with van der Waals surface area (Å²) in [6.45, 7) is 5.45. The summed E-state index contributed by atoms with van der Waals surface area (Å²) in [5.74, 6) is 0.290. The van der Waals surface area contributed by atoms with Gasteiger partial charge in [-0.2, -0.15) is 5.10 Å². The van der Waals surface area contributed by atoms with E-state index in [1.54, 1.807) is 16.9 Å². The Balaban J connectivity index is 1.38. The molecule has 7 nitrogen and oxygen atoms in total. The number of carbonyl (C=O) groups excluding carboxylic acids is 1. The lowest BCUT2D eigenvalue weighted by Crippen LogP contribution is -2.29. The van der Waals surface area contributed by atoms with Gasteiger partial charge in [-0.25, -0.2) is 0 Å². The number of piperidine rings is 1. The zero-order chi connectivity index (χ0) is 19.3. The predicted molar refractivity (Wildman–Crippen MR) is 107 cm³/mol. The normalized spacial score (nSPS) is 14.2. The van der Waals surface area contributed by atoms with Crippen LogP contribution in [0, 0.1) is 0 Å². The van der Waals surface area contributed by atoms with E-state index in [0.29, 0.717) is 12.3 Å². The van der Waals surface area contributed by atoms with Crippen molar-refractivity contribution in [1.29, 1.82) is 0 Å². The number of anilines is 1. The molecule has 1 fully saturated rings. The van der Waals surface area contributed by atoms with Gasteiger partial charge < -0.3 is 14.7 Å². The highest BCUT2D eigenvalue weighted by molar-refractivity contribution is 5.93. The van der Waals surface area contributed by atoms with E-state index < -0.39 is 0 Å². The van der Waals surface area contributed by atoms with Gasteiger partial charge in [-0.15, -0.1) is 0 Å². The molecule has 7 heteroatoms. The molecule has 146 valence electrons. The Morgan fingerprint density at radius 1 is 1.21 bits per heavy atom. The molecule has 3 heterocycles. The summed E-state index contributed by atoms with van der Waals surface area (Å²) in [5.41, 5.74) is 3.38. The van der Waals surface area contributed by atoms with Gasteiger partial charge >= 0.3 is 0 Å². The van der Waals surface area contributed by atoms with Crippen molar-refractivity contribution in [2.24, 2.45) is 0 Å². The highest BCUT2D eigenvalue weighted by Crippen LogP contribution is 2.22. The number of nitrogens with one attached hydrogen (secondary N) is 1. The number of aromatic nitrogens is 3. The molecule has 0 aliphatic carbocycles. The average molecular weight is 379 g/mol. The molecule has 2 aromatic heterocycles. The Hall–Kier alpha value is -3.09. The highest BCUT2D eigenvalue weighted by Gasteiger charge is 2.15. The van der Waals surface area contributed by atoms with Gasteiger partial charge in [0.25, 0.3) is 5.91 Å². The SMILES string of the molecule is CCn1cc(-c2cc(C(=O)NCc3cccc(N4CCCCC4)c3)no2)cn1. The fraction of sp³-hybridized carbons (Fsp3) is 0.381. The number of amides is 1. The minimum atomic E-state index is -0.249. The first-order valence-corrected chi connectivity index (χ1v) is 9.84. The predicted octanol–water partition coefficient (Wildman–Crippen LogP) is 3.48. The molecule has 1 amide bonds. The first-order valence-electron chi connectivity index (χ1n) is 9.84. The van der Waals surface area contributed by atoms with Crippen molar-refractivity contribution < 1.29 is 9.32 Å². The van der Waals surface area contributed by atoms with E-state index in [2.05, 4.69) is 32.6 Å². The van der Waals surface area contributed by atoms with Crippen LogP contribution in [-0.4, -0.2) is 33.9 Å². The minimum absolute atomic E-state index is 0.249. The Bertz CT molecular complexity index is 940. The van der Waals surface area contributed by atoms with Crippen LogP contribution in [0.3, 0.4) is 0 Å². The molecule has 0 radical (unpaired) electrons. The minimum Gasteiger partial charge on any atom is -0.372 e. The van der Waals surface area contributed by atoms with E-state index in [-0.39, 0.29) is 11.6 Å². The van der Waals surface area contributed by atoms with Gasteiger partial charge in [-0.05, 0) is 43.9 Å². The summed E-state index contributed by atoms with van der Waals surface area (Å²) < 4.78 is 7.11. The fourth-order valence-electron chi connectivity index (χ4n) is 3.47. The molecule has 1 saturated heterocycles. The first-order chi connectivity index (χ1) is 13.7. The van der Waals surface area contributed by atoms with Crippen LogP contribution >= 0.6 is 0 Å². The van der Waals surface area contributed by atoms with E-state index in [9.17, 15) is 4.79 Å². The molecule has 0 bridgehead atoms. The molecule has 0 unspecified atom stereocenters. The Morgan fingerprint density at radius 2 is 2.07 bits per heavy atom. The van der Waals surface area contributed by atoms with Crippen molar-refractivity contribution in [3.8, 4) is 11.3 Å². The van der Waals surface area contributed by atoms with Gasteiger partial charge in [-0.3, -0.25) is 9.48 Å². The molecule has 3 aromatic rings. The van der Waals surface area contributed by atoms with Crippen molar-refractivity contribution >= 4 is 11.6 Å². The summed E-state index contributed by atoms with van der Waals surface area (Å²) in [5, 5.41) is 11.0. The maximum absolute atomic E-state index is 12.4. The molecule has 0 saturated carbocycles. The van der Waals surface area contributed by atoms with Crippen molar-refractivity contribution in [1.82, 2.24) is 20.3 Å². The van der Waals surface area contributed by atoms with Crippen molar-refractivity contribution in [3.63, 3.8) is 0 Å². The monoisotopic (exact) mass is 379 g/mol. The maximum atomic E-state index is 12.4. The molecule has 4 rings (SSSR count). The topological polar surface area (TPSA) is 76.2 Å². The molecule has 1 N–H and O–H groups in total. The second kappa shape index (κ2) is 8.29. The van der Waals surface area contributed by atoms with Crippen molar-refractivity contribution in [2.75, 3.05) is 18.0 Å². The van der Waals surface area contributed by atoms with Crippen LogP contribution in [0.2, 0.25) is 0 Å². The molecular weight excluding hydrogens is 354 g/mol. The average Bonchev–Trinajstić information content (AvgIpc) is 3.42. The summed E-state index contributed by atoms with van der Waals surface area (Å²) >= 11 is 0. The second-order valence-corrected chi connectivity index (χ2v) is 7.06. The van der Waals surface area contributed by atoms with Crippen LogP contribution in [0.5, 0.6) is 0 Å². The molecule has 1 aromatic carbocycles. The van der Waals surface area contributed by atoms with Crippen molar-refractivity contribution in [2.45, 2.75) is 39.3 Å². The van der Waals surface area contributed by atoms with Gasteiger partial charge in [0.1, 0.15) is 0 Å². The Kier molecular flexibility index (Phi) is 5.41. The lowest BCUT2D eigenvalue weighted by atomic mass is 10.1. The van der Waals surface area contributed by atoms with Gasteiger partial charge in [0.05, 0.1) is 11.8 Å². The highest BCUT2D eigenvalue weighted by atomic mass is 16.5. The molecular formula is C21H25N5O2. The summed E-state index contributed by atoms with van der Waals surface area (Å²) in [7, 11) is 0. The third kappa shape index (κ3) is 4.08. The van der Waals surface area contributed by atoms with E-state index in [0.717, 1.165) is 30.8 Å². The number of hydrogen-bond acceptors (Lipinski definition) is 5. The van der Waals surface area contributed by atoms with E-state index >= 15 is 0 Å². The third-order valence-electron chi connectivity index (χ3n) is 5.07. The van der Waals surface area contributed by atoms with Crippen molar-refractivity contribution in [3.05, 3.63) is 54.0 Å². The number of benzene rings is 1. The zero-order valence-corrected chi connectivity index (χ0v) is 16.1. The molecule has 0 atom stereocenters. The lowest BCUT2D eigenvalue weighted by Gasteiger charge is -2.29. The third-order valence-corrected chi connectivity index (χ3v) is 5.07.